The Morgan fingerprint density at radius 3 is 2.44 bits per heavy atom. The molecule has 2 amide bonds. The zero-order valence-corrected chi connectivity index (χ0v) is 15.3. The first kappa shape index (κ1) is 18.7. The number of amides is 2. The minimum absolute atomic E-state index is 0.0567. The smallest absolute Gasteiger partial charge is 0.319 e. The summed E-state index contributed by atoms with van der Waals surface area (Å²) in [5.74, 6) is 1.66. The summed E-state index contributed by atoms with van der Waals surface area (Å²) in [6.45, 7) is 3.78. The number of methoxy groups -OCH3 is 2. The summed E-state index contributed by atoms with van der Waals surface area (Å²) in [7, 11) is 3.09. The van der Waals surface area contributed by atoms with Gasteiger partial charge in [0.1, 0.15) is 17.3 Å². The number of hydrogen-bond donors (Lipinski definition) is 3. The third kappa shape index (κ3) is 5.15. The molecule has 2 aromatic rings. The maximum atomic E-state index is 11.7. The van der Waals surface area contributed by atoms with Crippen LogP contribution in [0.3, 0.4) is 0 Å². The highest BCUT2D eigenvalue weighted by atomic mass is 35.5. The second-order valence-corrected chi connectivity index (χ2v) is 5.90. The average Bonchev–Trinajstić information content (AvgIpc) is 2.57. The molecule has 134 valence electrons. The number of urea groups is 1. The van der Waals surface area contributed by atoms with E-state index in [4.69, 9.17) is 21.1 Å². The second kappa shape index (κ2) is 8.43. The largest absolute Gasteiger partial charge is 0.495 e. The Labute approximate surface area is 151 Å². The summed E-state index contributed by atoms with van der Waals surface area (Å²) < 4.78 is 10.5. The van der Waals surface area contributed by atoms with Gasteiger partial charge in [0.2, 0.25) is 0 Å². The summed E-state index contributed by atoms with van der Waals surface area (Å²) in [6, 6.07) is 6.66. The Hall–Kier alpha value is -2.67. The SMILES string of the molecule is COc1cc(Nc2ccc(NC(=O)NC(C)C)cn2)c(OC)cc1Cl. The van der Waals surface area contributed by atoms with Crippen LogP contribution in [0.25, 0.3) is 0 Å². The van der Waals surface area contributed by atoms with Crippen molar-refractivity contribution in [3.05, 3.63) is 35.5 Å². The Bertz CT molecular complexity index is 735. The summed E-state index contributed by atoms with van der Waals surface area (Å²) in [4.78, 5) is 16.0. The standard InChI is InChI=1S/C17H21ClN4O3/c1-10(2)20-17(23)21-11-5-6-16(19-9-11)22-13-8-14(24-3)12(18)7-15(13)25-4/h5-10H,1-4H3,(H,19,22)(H2,20,21,23). The molecule has 8 heteroatoms. The van der Waals surface area contributed by atoms with Gasteiger partial charge in [-0.2, -0.15) is 0 Å². The molecule has 0 saturated carbocycles. The average molecular weight is 365 g/mol. The summed E-state index contributed by atoms with van der Waals surface area (Å²) in [6.07, 6.45) is 1.56. The van der Waals surface area contributed by atoms with E-state index in [0.717, 1.165) is 0 Å². The van der Waals surface area contributed by atoms with Crippen molar-refractivity contribution in [2.45, 2.75) is 19.9 Å². The van der Waals surface area contributed by atoms with E-state index < -0.39 is 0 Å². The van der Waals surface area contributed by atoms with Crippen molar-refractivity contribution in [1.82, 2.24) is 10.3 Å². The molecule has 1 aromatic heterocycles. The highest BCUT2D eigenvalue weighted by molar-refractivity contribution is 6.32. The van der Waals surface area contributed by atoms with Crippen molar-refractivity contribution in [2.24, 2.45) is 0 Å². The van der Waals surface area contributed by atoms with Gasteiger partial charge in [-0.15, -0.1) is 0 Å². The molecule has 0 bridgehead atoms. The number of nitrogens with one attached hydrogen (secondary N) is 3. The lowest BCUT2D eigenvalue weighted by molar-refractivity contribution is 0.250. The molecule has 0 unspecified atom stereocenters. The third-order valence-electron chi connectivity index (χ3n) is 3.18. The molecule has 0 spiro atoms. The number of anilines is 3. The minimum Gasteiger partial charge on any atom is -0.495 e. The number of ether oxygens (including phenoxy) is 2. The fourth-order valence-electron chi connectivity index (χ4n) is 2.07. The van der Waals surface area contributed by atoms with Gasteiger partial charge in [0.15, 0.2) is 0 Å². The van der Waals surface area contributed by atoms with Crippen molar-refractivity contribution >= 4 is 34.8 Å². The number of benzene rings is 1. The molecular formula is C17H21ClN4O3. The molecule has 2 rings (SSSR count). The quantitative estimate of drug-likeness (QED) is 0.720. The predicted octanol–water partition coefficient (Wildman–Crippen LogP) is 4.03. The molecule has 0 aliphatic carbocycles. The lowest BCUT2D eigenvalue weighted by Gasteiger charge is -2.14. The van der Waals surface area contributed by atoms with Gasteiger partial charge in [0.25, 0.3) is 0 Å². The van der Waals surface area contributed by atoms with E-state index in [1.807, 2.05) is 13.8 Å². The Kier molecular flexibility index (Phi) is 6.30. The zero-order valence-electron chi connectivity index (χ0n) is 14.5. The van der Waals surface area contributed by atoms with Crippen LogP contribution in [0.1, 0.15) is 13.8 Å². The number of halogens is 1. The van der Waals surface area contributed by atoms with Gasteiger partial charge in [-0.1, -0.05) is 11.6 Å². The van der Waals surface area contributed by atoms with Gasteiger partial charge in [0, 0.05) is 18.2 Å². The monoisotopic (exact) mass is 364 g/mol. The van der Waals surface area contributed by atoms with E-state index in [1.165, 1.54) is 0 Å². The van der Waals surface area contributed by atoms with Gasteiger partial charge in [-0.3, -0.25) is 0 Å². The van der Waals surface area contributed by atoms with Gasteiger partial charge in [0.05, 0.1) is 36.8 Å². The summed E-state index contributed by atoms with van der Waals surface area (Å²) in [5, 5.41) is 9.04. The number of carbonyl (C=O) groups is 1. The third-order valence-corrected chi connectivity index (χ3v) is 3.47. The number of aromatic nitrogens is 1. The summed E-state index contributed by atoms with van der Waals surface area (Å²) in [5.41, 5.74) is 1.25. The van der Waals surface area contributed by atoms with Gasteiger partial charge in [-0.05, 0) is 26.0 Å². The molecule has 3 N–H and O–H groups in total. The van der Waals surface area contributed by atoms with E-state index in [2.05, 4.69) is 20.9 Å². The molecule has 7 nitrogen and oxygen atoms in total. The zero-order chi connectivity index (χ0) is 18.4. The lowest BCUT2D eigenvalue weighted by atomic mass is 10.2. The molecule has 0 aliphatic rings. The minimum atomic E-state index is -0.276. The fraction of sp³-hybridized carbons (Fsp3) is 0.294. The Balaban J connectivity index is 2.12. The number of rotatable bonds is 6. The van der Waals surface area contributed by atoms with Crippen LogP contribution >= 0.6 is 11.6 Å². The first-order valence-corrected chi connectivity index (χ1v) is 8.03. The van der Waals surface area contributed by atoms with Crippen molar-refractivity contribution in [3.63, 3.8) is 0 Å². The van der Waals surface area contributed by atoms with E-state index in [0.29, 0.717) is 33.7 Å². The summed E-state index contributed by atoms with van der Waals surface area (Å²) >= 11 is 6.09. The van der Waals surface area contributed by atoms with E-state index in [-0.39, 0.29) is 12.1 Å². The van der Waals surface area contributed by atoms with E-state index in [1.54, 1.807) is 44.7 Å². The van der Waals surface area contributed by atoms with Crippen LogP contribution in [-0.2, 0) is 0 Å². The van der Waals surface area contributed by atoms with Crippen molar-refractivity contribution in [3.8, 4) is 11.5 Å². The van der Waals surface area contributed by atoms with Crippen LogP contribution in [0, 0.1) is 0 Å². The molecule has 0 radical (unpaired) electrons. The predicted molar refractivity (Wildman–Crippen MR) is 99.4 cm³/mol. The Morgan fingerprint density at radius 1 is 1.16 bits per heavy atom. The molecular weight excluding hydrogens is 344 g/mol. The topological polar surface area (TPSA) is 84.5 Å². The van der Waals surface area contributed by atoms with Crippen LogP contribution in [0.4, 0.5) is 22.0 Å². The highest BCUT2D eigenvalue weighted by Gasteiger charge is 2.11. The number of carbonyl (C=O) groups excluding carboxylic acids is 1. The fourth-order valence-corrected chi connectivity index (χ4v) is 2.30. The number of nitrogens with zero attached hydrogens (tertiary/aromatic N) is 1. The van der Waals surface area contributed by atoms with Crippen LogP contribution in [0.5, 0.6) is 11.5 Å². The normalized spacial score (nSPS) is 10.3. The molecule has 0 aliphatic heterocycles. The van der Waals surface area contributed by atoms with E-state index in [9.17, 15) is 4.79 Å². The first-order chi connectivity index (χ1) is 11.9. The first-order valence-electron chi connectivity index (χ1n) is 7.65. The van der Waals surface area contributed by atoms with Crippen molar-refractivity contribution < 1.29 is 14.3 Å². The van der Waals surface area contributed by atoms with Crippen molar-refractivity contribution in [2.75, 3.05) is 24.9 Å². The molecule has 0 atom stereocenters. The van der Waals surface area contributed by atoms with Crippen LogP contribution in [0.2, 0.25) is 5.02 Å². The van der Waals surface area contributed by atoms with Crippen LogP contribution < -0.4 is 25.4 Å². The molecule has 1 heterocycles. The second-order valence-electron chi connectivity index (χ2n) is 5.50. The highest BCUT2D eigenvalue weighted by Crippen LogP contribution is 2.37. The van der Waals surface area contributed by atoms with Gasteiger partial charge in [-0.25, -0.2) is 9.78 Å². The Morgan fingerprint density at radius 2 is 1.88 bits per heavy atom. The van der Waals surface area contributed by atoms with Gasteiger partial charge < -0.3 is 25.4 Å². The number of hydrogen-bond acceptors (Lipinski definition) is 5. The van der Waals surface area contributed by atoms with E-state index >= 15 is 0 Å². The lowest BCUT2D eigenvalue weighted by Crippen LogP contribution is -2.34. The molecule has 25 heavy (non-hydrogen) atoms. The maximum absolute atomic E-state index is 11.7. The molecule has 0 saturated heterocycles. The molecule has 0 fully saturated rings. The number of pyridine rings is 1. The van der Waals surface area contributed by atoms with Crippen LogP contribution in [0.15, 0.2) is 30.5 Å². The maximum Gasteiger partial charge on any atom is 0.319 e. The van der Waals surface area contributed by atoms with Crippen LogP contribution in [-0.4, -0.2) is 31.3 Å². The van der Waals surface area contributed by atoms with Crippen molar-refractivity contribution in [1.29, 1.82) is 0 Å². The van der Waals surface area contributed by atoms with Gasteiger partial charge >= 0.3 is 6.03 Å². The molecule has 1 aromatic carbocycles.